The van der Waals surface area contributed by atoms with E-state index < -0.39 is 0 Å². The molecule has 0 bridgehead atoms. The predicted molar refractivity (Wildman–Crippen MR) is 144 cm³/mol. The lowest BCUT2D eigenvalue weighted by atomic mass is 10.1. The van der Waals surface area contributed by atoms with Crippen molar-refractivity contribution in [3.8, 4) is 5.75 Å². The summed E-state index contributed by atoms with van der Waals surface area (Å²) < 4.78 is 8.17. The van der Waals surface area contributed by atoms with E-state index in [-0.39, 0.29) is 12.0 Å². The number of rotatable bonds is 5. The second-order valence-electron chi connectivity index (χ2n) is 10.2. The molecule has 37 heavy (non-hydrogen) atoms. The normalized spacial score (nSPS) is 22.0. The molecule has 5 heterocycles. The van der Waals surface area contributed by atoms with Crippen LogP contribution in [0.25, 0.3) is 16.7 Å². The topological polar surface area (TPSA) is 109 Å². The summed E-state index contributed by atoms with van der Waals surface area (Å²) in [4.78, 5) is 29.7. The Hall–Kier alpha value is -3.76. The van der Waals surface area contributed by atoms with E-state index in [1.807, 2.05) is 41.9 Å². The van der Waals surface area contributed by atoms with Crippen molar-refractivity contribution in [1.29, 1.82) is 0 Å². The minimum Gasteiger partial charge on any atom is -0.485 e. The number of pyridine rings is 1. The number of hydrogen-bond acceptors (Lipinski definition) is 8. The second-order valence-corrected chi connectivity index (χ2v) is 10.2. The van der Waals surface area contributed by atoms with Crippen LogP contribution in [-0.4, -0.2) is 69.6 Å². The zero-order valence-electron chi connectivity index (χ0n) is 21.4. The first-order valence-electron chi connectivity index (χ1n) is 12.9. The average molecular weight is 501 g/mol. The number of hydrogen-bond donors (Lipinski definition) is 3. The van der Waals surface area contributed by atoms with E-state index in [4.69, 9.17) is 4.74 Å². The Labute approximate surface area is 215 Å². The minimum atomic E-state index is -0.247. The van der Waals surface area contributed by atoms with E-state index in [2.05, 4.69) is 49.6 Å². The van der Waals surface area contributed by atoms with Crippen LogP contribution in [0.1, 0.15) is 36.3 Å². The summed E-state index contributed by atoms with van der Waals surface area (Å²) in [6.07, 6.45) is 8.11. The predicted octanol–water partition coefficient (Wildman–Crippen LogP) is 2.77. The van der Waals surface area contributed by atoms with Crippen molar-refractivity contribution in [3.05, 3.63) is 54.2 Å². The van der Waals surface area contributed by atoms with Crippen molar-refractivity contribution in [1.82, 2.24) is 30.0 Å². The summed E-state index contributed by atoms with van der Waals surface area (Å²) in [6.45, 7) is 9.76. The molecule has 6 rings (SSSR count). The number of benzene rings is 1. The number of aromatic nitrogens is 4. The highest BCUT2D eigenvalue weighted by Gasteiger charge is 2.25. The van der Waals surface area contributed by atoms with Crippen LogP contribution in [-0.2, 0) is 0 Å². The fourth-order valence-electron chi connectivity index (χ4n) is 5.46. The lowest BCUT2D eigenvalue weighted by Gasteiger charge is -2.38. The fraction of sp³-hybridized carbons (Fsp3) is 0.407. The number of piperazine rings is 1. The van der Waals surface area contributed by atoms with Gasteiger partial charge in [0.25, 0.3) is 5.91 Å². The number of fused-ring (bicyclic) bond motifs is 2. The molecule has 4 aromatic rings. The minimum absolute atomic E-state index is 0.0777. The van der Waals surface area contributed by atoms with E-state index in [1.165, 1.54) is 0 Å². The molecule has 2 fully saturated rings. The molecule has 0 radical (unpaired) electrons. The maximum absolute atomic E-state index is 13.5. The van der Waals surface area contributed by atoms with Crippen molar-refractivity contribution in [3.63, 3.8) is 0 Å². The molecular formula is C27H32N8O2. The number of ether oxygens (including phenoxy) is 1. The van der Waals surface area contributed by atoms with Crippen LogP contribution in [0.4, 0.5) is 11.4 Å². The monoisotopic (exact) mass is 500 g/mol. The van der Waals surface area contributed by atoms with Gasteiger partial charge in [-0.3, -0.25) is 14.8 Å². The highest BCUT2D eigenvalue weighted by Crippen LogP contribution is 2.30. The summed E-state index contributed by atoms with van der Waals surface area (Å²) in [5.41, 5.74) is 5.04. The zero-order valence-corrected chi connectivity index (χ0v) is 21.4. The van der Waals surface area contributed by atoms with Crippen molar-refractivity contribution < 1.29 is 9.53 Å². The Morgan fingerprint density at radius 1 is 1.11 bits per heavy atom. The number of amides is 1. The molecule has 0 spiro atoms. The molecule has 3 aromatic heterocycles. The van der Waals surface area contributed by atoms with Crippen LogP contribution < -0.4 is 25.6 Å². The molecule has 0 saturated carbocycles. The van der Waals surface area contributed by atoms with Crippen LogP contribution in [0.15, 0.2) is 43.0 Å². The van der Waals surface area contributed by atoms with Crippen LogP contribution in [0.3, 0.4) is 0 Å². The summed E-state index contributed by atoms with van der Waals surface area (Å²) >= 11 is 0. The number of anilines is 2. The van der Waals surface area contributed by atoms with Gasteiger partial charge in [0.05, 0.1) is 22.6 Å². The molecule has 2 saturated heterocycles. The molecule has 3 atom stereocenters. The summed E-state index contributed by atoms with van der Waals surface area (Å²) in [6, 6.07) is 6.40. The van der Waals surface area contributed by atoms with Gasteiger partial charge in [-0.05, 0) is 45.9 Å². The molecule has 192 valence electrons. The summed E-state index contributed by atoms with van der Waals surface area (Å²) in [5, 5.41) is 9.94. The Bertz CT molecular complexity index is 1450. The Balaban J connectivity index is 1.32. The van der Waals surface area contributed by atoms with Crippen LogP contribution in [0, 0.1) is 6.92 Å². The van der Waals surface area contributed by atoms with Gasteiger partial charge in [0.2, 0.25) is 0 Å². The molecule has 2 aliphatic heterocycles. The lowest BCUT2D eigenvalue weighted by Crippen LogP contribution is -2.54. The molecule has 1 unspecified atom stereocenters. The Kier molecular flexibility index (Phi) is 6.13. The lowest BCUT2D eigenvalue weighted by molar-refractivity contribution is 0.102. The smallest absolute Gasteiger partial charge is 0.257 e. The average Bonchev–Trinajstić information content (AvgIpc) is 3.51. The Morgan fingerprint density at radius 2 is 1.89 bits per heavy atom. The van der Waals surface area contributed by atoms with Gasteiger partial charge in [-0.25, -0.2) is 4.98 Å². The van der Waals surface area contributed by atoms with E-state index in [0.717, 1.165) is 55.1 Å². The summed E-state index contributed by atoms with van der Waals surface area (Å²) in [7, 11) is 0. The molecule has 10 heteroatoms. The van der Waals surface area contributed by atoms with E-state index in [9.17, 15) is 4.79 Å². The largest absolute Gasteiger partial charge is 0.485 e. The van der Waals surface area contributed by atoms with Crippen molar-refractivity contribution in [2.75, 3.05) is 36.4 Å². The molecule has 10 nitrogen and oxygen atoms in total. The first-order chi connectivity index (χ1) is 17.9. The number of imidazole rings is 1. The maximum Gasteiger partial charge on any atom is 0.257 e. The second kappa shape index (κ2) is 9.60. The van der Waals surface area contributed by atoms with E-state index in [1.54, 1.807) is 12.4 Å². The number of nitrogens with zero attached hydrogens (tertiary/aromatic N) is 5. The highest BCUT2D eigenvalue weighted by atomic mass is 16.5. The number of carbonyl (C=O) groups is 1. The van der Waals surface area contributed by atoms with Crippen LogP contribution in [0.2, 0.25) is 0 Å². The molecule has 2 aliphatic rings. The van der Waals surface area contributed by atoms with Gasteiger partial charge in [0.1, 0.15) is 17.1 Å². The zero-order chi connectivity index (χ0) is 25.5. The van der Waals surface area contributed by atoms with Crippen molar-refractivity contribution >= 4 is 34.0 Å². The van der Waals surface area contributed by atoms with E-state index in [0.29, 0.717) is 34.6 Å². The third kappa shape index (κ3) is 4.70. The van der Waals surface area contributed by atoms with Gasteiger partial charge in [-0.2, -0.15) is 0 Å². The molecule has 3 N–H and O–H groups in total. The summed E-state index contributed by atoms with van der Waals surface area (Å²) in [5.74, 6) is 0.408. The first kappa shape index (κ1) is 23.6. The number of nitrogens with one attached hydrogen (secondary N) is 3. The SMILES string of the molecule is Cc1cn2cc(NC(=O)c3ccc(N4C[C@@H](C)N[C@H](C)C4)c4nccnc34)cc(OC3CCNC3)c2n1. The fourth-order valence-corrected chi connectivity index (χ4v) is 5.46. The maximum atomic E-state index is 13.5. The third-order valence-corrected chi connectivity index (χ3v) is 6.95. The van der Waals surface area contributed by atoms with Crippen molar-refractivity contribution in [2.24, 2.45) is 0 Å². The van der Waals surface area contributed by atoms with Gasteiger partial charge in [-0.15, -0.1) is 0 Å². The molecule has 1 amide bonds. The van der Waals surface area contributed by atoms with Gasteiger partial charge >= 0.3 is 0 Å². The number of carbonyl (C=O) groups excluding carboxylic acids is 1. The quantitative estimate of drug-likeness (QED) is 0.384. The van der Waals surface area contributed by atoms with Gasteiger partial charge in [-0.1, -0.05) is 0 Å². The molecule has 0 aliphatic carbocycles. The highest BCUT2D eigenvalue weighted by molar-refractivity contribution is 6.13. The van der Waals surface area contributed by atoms with Crippen LogP contribution in [0.5, 0.6) is 5.75 Å². The van der Waals surface area contributed by atoms with Gasteiger partial charge in [0, 0.05) is 62.6 Å². The van der Waals surface area contributed by atoms with Gasteiger partial charge in [0.15, 0.2) is 11.4 Å². The van der Waals surface area contributed by atoms with Crippen molar-refractivity contribution in [2.45, 2.75) is 45.4 Å². The Morgan fingerprint density at radius 3 is 2.65 bits per heavy atom. The molecular weight excluding hydrogens is 468 g/mol. The molecule has 1 aromatic carbocycles. The van der Waals surface area contributed by atoms with E-state index >= 15 is 0 Å². The van der Waals surface area contributed by atoms with Crippen LogP contribution >= 0.6 is 0 Å². The third-order valence-electron chi connectivity index (χ3n) is 6.95. The standard InChI is InChI=1S/C27H32N8O2/c1-16-12-34(13-17(2)31-16)22-5-4-21(24-25(22)30-9-8-29-24)27(36)33-19-10-23(37-20-6-7-28-11-20)26-32-18(3)14-35(26)15-19/h4-5,8-10,14-17,20,28,31H,6-7,11-13H2,1-3H3,(H,33,36)/t16-,17-,20?/m1/s1. The first-order valence-corrected chi connectivity index (χ1v) is 12.9. The number of aryl methyl sites for hydroxylation is 1. The van der Waals surface area contributed by atoms with Gasteiger partial charge < -0.3 is 30.0 Å².